The number of carbonyl (C=O) groups is 1. The smallest absolute Gasteiger partial charge is 0.241 e. The van der Waals surface area contributed by atoms with Gasteiger partial charge in [0.15, 0.2) is 0 Å². The molecule has 1 aliphatic rings. The van der Waals surface area contributed by atoms with Crippen LogP contribution in [-0.4, -0.2) is 51.5 Å². The van der Waals surface area contributed by atoms with Gasteiger partial charge in [-0.2, -0.15) is 16.5 Å². The molecule has 0 aliphatic carbocycles. The Bertz CT molecular complexity index is 623. The maximum absolute atomic E-state index is 12.6. The highest BCUT2D eigenvalue weighted by atomic mass is 35.5. The van der Waals surface area contributed by atoms with Gasteiger partial charge < -0.3 is 10.6 Å². The molecule has 1 fully saturated rings. The van der Waals surface area contributed by atoms with E-state index in [1.807, 2.05) is 6.26 Å². The fourth-order valence-electron chi connectivity index (χ4n) is 2.60. The largest absolute Gasteiger partial charge is 0.352 e. The standard InChI is InChI=1S/C16H25N3O3S2.ClH/c1-23-12-9-15(16(20)18-13-7-10-17-11-8-13)19-24(21,22)14-5-3-2-4-6-14;/h2-6,13,15,17,19H,7-12H2,1H3,(H,18,20);1H. The van der Waals surface area contributed by atoms with Crippen molar-refractivity contribution in [3.05, 3.63) is 30.3 Å². The molecule has 25 heavy (non-hydrogen) atoms. The highest BCUT2D eigenvalue weighted by molar-refractivity contribution is 7.98. The molecular formula is C16H26ClN3O3S2. The van der Waals surface area contributed by atoms with Gasteiger partial charge in [0, 0.05) is 6.04 Å². The lowest BCUT2D eigenvalue weighted by Gasteiger charge is -2.26. The minimum Gasteiger partial charge on any atom is -0.352 e. The number of amides is 1. The Morgan fingerprint density at radius 1 is 1.28 bits per heavy atom. The summed E-state index contributed by atoms with van der Waals surface area (Å²) in [6, 6.07) is 7.50. The summed E-state index contributed by atoms with van der Waals surface area (Å²) < 4.78 is 27.6. The van der Waals surface area contributed by atoms with Crippen LogP contribution in [0.5, 0.6) is 0 Å². The molecule has 1 unspecified atom stereocenters. The highest BCUT2D eigenvalue weighted by Crippen LogP contribution is 2.11. The highest BCUT2D eigenvalue weighted by Gasteiger charge is 2.27. The Balaban J connectivity index is 0.00000312. The number of benzene rings is 1. The van der Waals surface area contributed by atoms with Gasteiger partial charge in [-0.05, 0) is 56.5 Å². The van der Waals surface area contributed by atoms with E-state index < -0.39 is 16.1 Å². The van der Waals surface area contributed by atoms with Crippen molar-refractivity contribution >= 4 is 40.1 Å². The number of piperidine rings is 1. The van der Waals surface area contributed by atoms with Crippen LogP contribution in [0.1, 0.15) is 19.3 Å². The van der Waals surface area contributed by atoms with Crippen LogP contribution in [0, 0.1) is 0 Å². The molecule has 1 atom stereocenters. The second-order valence-electron chi connectivity index (χ2n) is 5.80. The van der Waals surface area contributed by atoms with Crippen molar-refractivity contribution in [3.8, 4) is 0 Å². The molecule has 1 aromatic rings. The summed E-state index contributed by atoms with van der Waals surface area (Å²) in [5.74, 6) is 0.470. The average Bonchev–Trinajstić information content (AvgIpc) is 2.60. The maximum Gasteiger partial charge on any atom is 0.241 e. The zero-order valence-corrected chi connectivity index (χ0v) is 16.7. The van der Waals surface area contributed by atoms with Gasteiger partial charge in [-0.1, -0.05) is 18.2 Å². The summed E-state index contributed by atoms with van der Waals surface area (Å²) in [6.45, 7) is 1.74. The first-order chi connectivity index (χ1) is 11.5. The Hall–Kier alpha value is -0.800. The van der Waals surface area contributed by atoms with Gasteiger partial charge >= 0.3 is 0 Å². The van der Waals surface area contributed by atoms with E-state index in [1.54, 1.807) is 30.0 Å². The SMILES string of the molecule is CSCCC(NS(=O)(=O)c1ccccc1)C(=O)NC1CCNCC1.Cl. The lowest BCUT2D eigenvalue weighted by atomic mass is 10.1. The third-order valence-electron chi connectivity index (χ3n) is 3.96. The maximum atomic E-state index is 12.6. The molecule has 9 heteroatoms. The summed E-state index contributed by atoms with van der Waals surface area (Å²) in [4.78, 5) is 12.7. The van der Waals surface area contributed by atoms with Gasteiger partial charge in [0.2, 0.25) is 15.9 Å². The zero-order chi connectivity index (χ0) is 17.4. The van der Waals surface area contributed by atoms with Gasteiger partial charge in [-0.25, -0.2) is 8.42 Å². The van der Waals surface area contributed by atoms with Crippen molar-refractivity contribution in [3.63, 3.8) is 0 Å². The minimum atomic E-state index is -3.71. The van der Waals surface area contributed by atoms with Gasteiger partial charge in [-0.15, -0.1) is 12.4 Å². The van der Waals surface area contributed by atoms with E-state index in [-0.39, 0.29) is 29.3 Å². The number of halogens is 1. The minimum absolute atomic E-state index is 0. The van der Waals surface area contributed by atoms with Crippen LogP contribution in [0.2, 0.25) is 0 Å². The molecule has 142 valence electrons. The first-order valence-electron chi connectivity index (χ1n) is 8.10. The van der Waals surface area contributed by atoms with E-state index >= 15 is 0 Å². The number of hydrogen-bond acceptors (Lipinski definition) is 5. The molecule has 0 spiro atoms. The second-order valence-corrected chi connectivity index (χ2v) is 8.50. The molecule has 1 heterocycles. The van der Waals surface area contributed by atoms with Gasteiger partial charge in [0.05, 0.1) is 4.90 Å². The number of thioether (sulfide) groups is 1. The number of carbonyl (C=O) groups excluding carboxylic acids is 1. The first kappa shape index (κ1) is 22.2. The van der Waals surface area contributed by atoms with Gasteiger partial charge in [-0.3, -0.25) is 4.79 Å². The van der Waals surface area contributed by atoms with Gasteiger partial charge in [0.1, 0.15) is 6.04 Å². The fraction of sp³-hybridized carbons (Fsp3) is 0.562. The Morgan fingerprint density at radius 2 is 1.92 bits per heavy atom. The third-order valence-corrected chi connectivity index (χ3v) is 6.10. The van der Waals surface area contributed by atoms with E-state index in [0.29, 0.717) is 12.2 Å². The van der Waals surface area contributed by atoms with Crippen LogP contribution >= 0.6 is 24.2 Å². The van der Waals surface area contributed by atoms with Crippen LogP contribution in [0.15, 0.2) is 35.2 Å². The molecule has 0 aromatic heterocycles. The summed E-state index contributed by atoms with van der Waals surface area (Å²) >= 11 is 1.59. The lowest BCUT2D eigenvalue weighted by molar-refractivity contribution is -0.123. The predicted octanol–water partition coefficient (Wildman–Crippen LogP) is 1.38. The number of hydrogen-bond donors (Lipinski definition) is 3. The topological polar surface area (TPSA) is 87.3 Å². The van der Waals surface area contributed by atoms with E-state index in [1.165, 1.54) is 12.1 Å². The van der Waals surface area contributed by atoms with Crippen molar-refractivity contribution in [2.75, 3.05) is 25.1 Å². The Kier molecular flexibility index (Phi) is 9.81. The van der Waals surface area contributed by atoms with Crippen molar-refractivity contribution < 1.29 is 13.2 Å². The molecule has 1 saturated heterocycles. The molecule has 1 aliphatic heterocycles. The molecule has 0 radical (unpaired) electrons. The number of sulfonamides is 1. The molecule has 1 amide bonds. The lowest BCUT2D eigenvalue weighted by Crippen LogP contribution is -2.51. The van der Waals surface area contributed by atoms with Gasteiger partial charge in [0.25, 0.3) is 0 Å². The summed E-state index contributed by atoms with van der Waals surface area (Å²) in [7, 11) is -3.71. The molecule has 0 saturated carbocycles. The van der Waals surface area contributed by atoms with Crippen molar-refractivity contribution in [2.24, 2.45) is 0 Å². The van der Waals surface area contributed by atoms with E-state index in [0.717, 1.165) is 25.9 Å². The second kappa shape index (κ2) is 11.0. The van der Waals surface area contributed by atoms with E-state index in [9.17, 15) is 13.2 Å². The van der Waals surface area contributed by atoms with Crippen LogP contribution < -0.4 is 15.4 Å². The molecule has 1 aromatic carbocycles. The van der Waals surface area contributed by atoms with Crippen LogP contribution in [0.25, 0.3) is 0 Å². The molecular weight excluding hydrogens is 382 g/mol. The normalized spacial score (nSPS) is 16.7. The summed E-state index contributed by atoms with van der Waals surface area (Å²) in [5, 5.41) is 6.23. The monoisotopic (exact) mass is 407 g/mol. The van der Waals surface area contributed by atoms with E-state index in [4.69, 9.17) is 0 Å². The molecule has 3 N–H and O–H groups in total. The molecule has 0 bridgehead atoms. The Labute approximate surface area is 160 Å². The van der Waals surface area contributed by atoms with Crippen molar-refractivity contribution in [2.45, 2.75) is 36.2 Å². The van der Waals surface area contributed by atoms with Crippen LogP contribution in [-0.2, 0) is 14.8 Å². The molecule has 6 nitrogen and oxygen atoms in total. The van der Waals surface area contributed by atoms with Crippen molar-refractivity contribution in [1.29, 1.82) is 0 Å². The van der Waals surface area contributed by atoms with Crippen LogP contribution in [0.3, 0.4) is 0 Å². The summed E-state index contributed by atoms with van der Waals surface area (Å²) in [6.07, 6.45) is 4.14. The van der Waals surface area contributed by atoms with Crippen molar-refractivity contribution in [1.82, 2.24) is 15.4 Å². The molecule has 2 rings (SSSR count). The quantitative estimate of drug-likeness (QED) is 0.606. The predicted molar refractivity (Wildman–Crippen MR) is 105 cm³/mol. The van der Waals surface area contributed by atoms with E-state index in [2.05, 4.69) is 15.4 Å². The fourth-order valence-corrected chi connectivity index (χ4v) is 4.32. The third kappa shape index (κ3) is 7.15. The first-order valence-corrected chi connectivity index (χ1v) is 11.0. The number of nitrogens with one attached hydrogen (secondary N) is 3. The average molecular weight is 408 g/mol. The number of rotatable bonds is 8. The zero-order valence-electron chi connectivity index (χ0n) is 14.2. The van der Waals surface area contributed by atoms with Crippen LogP contribution in [0.4, 0.5) is 0 Å². The Morgan fingerprint density at radius 3 is 2.52 bits per heavy atom. The summed E-state index contributed by atoms with van der Waals surface area (Å²) in [5.41, 5.74) is 0.